The van der Waals surface area contributed by atoms with E-state index in [2.05, 4.69) is 17.2 Å². The van der Waals surface area contributed by atoms with Gasteiger partial charge in [-0.3, -0.25) is 9.59 Å². The molecule has 0 unspecified atom stereocenters. The summed E-state index contributed by atoms with van der Waals surface area (Å²) < 4.78 is 0. The number of aromatic nitrogens is 1. The van der Waals surface area contributed by atoms with Crippen molar-refractivity contribution in [1.29, 1.82) is 0 Å². The second-order valence-electron chi connectivity index (χ2n) is 5.51. The van der Waals surface area contributed by atoms with E-state index in [4.69, 9.17) is 0 Å². The molecule has 3 aromatic rings. The van der Waals surface area contributed by atoms with E-state index in [0.717, 1.165) is 23.0 Å². The van der Waals surface area contributed by atoms with Crippen molar-refractivity contribution >= 4 is 28.6 Å². The maximum Gasteiger partial charge on any atom is 0.255 e. The molecule has 24 heavy (non-hydrogen) atoms. The predicted octanol–water partition coefficient (Wildman–Crippen LogP) is 3.74. The third-order valence-corrected chi connectivity index (χ3v) is 3.83. The molecule has 2 N–H and O–H groups in total. The quantitative estimate of drug-likeness (QED) is 0.720. The standard InChI is InChI=1S/C20H18N2O2/c1-2-14-7-10-17(11-8-14)21-19(23)12-9-16-13-15-5-3-4-6-18(15)22-20(16)24/h3-13H,2H2,1H3,(H,21,23)(H,22,24)/b12-9+. The fourth-order valence-electron chi connectivity index (χ4n) is 2.46. The molecule has 0 spiro atoms. The number of carbonyl (C=O) groups excluding carboxylic acids is 1. The molecular formula is C20H18N2O2. The Labute approximate surface area is 139 Å². The zero-order valence-corrected chi connectivity index (χ0v) is 13.4. The van der Waals surface area contributed by atoms with Crippen LogP contribution in [0.5, 0.6) is 0 Å². The van der Waals surface area contributed by atoms with Gasteiger partial charge in [0.1, 0.15) is 0 Å². The van der Waals surface area contributed by atoms with Gasteiger partial charge in [-0.1, -0.05) is 37.3 Å². The van der Waals surface area contributed by atoms with Gasteiger partial charge in [0.05, 0.1) is 0 Å². The van der Waals surface area contributed by atoms with Crippen molar-refractivity contribution in [3.63, 3.8) is 0 Å². The minimum Gasteiger partial charge on any atom is -0.323 e. The Morgan fingerprint density at radius 1 is 1.12 bits per heavy atom. The van der Waals surface area contributed by atoms with Crippen molar-refractivity contribution in [1.82, 2.24) is 4.98 Å². The fourth-order valence-corrected chi connectivity index (χ4v) is 2.46. The Morgan fingerprint density at radius 3 is 2.62 bits per heavy atom. The second-order valence-corrected chi connectivity index (χ2v) is 5.51. The average Bonchev–Trinajstić information content (AvgIpc) is 2.60. The average molecular weight is 318 g/mol. The van der Waals surface area contributed by atoms with Crippen molar-refractivity contribution in [2.45, 2.75) is 13.3 Å². The summed E-state index contributed by atoms with van der Waals surface area (Å²) in [6, 6.07) is 17.0. The van der Waals surface area contributed by atoms with Gasteiger partial charge in [-0.05, 0) is 47.7 Å². The summed E-state index contributed by atoms with van der Waals surface area (Å²) in [5, 5.41) is 3.71. The van der Waals surface area contributed by atoms with E-state index in [-0.39, 0.29) is 11.5 Å². The van der Waals surface area contributed by atoms with E-state index in [1.807, 2.05) is 48.5 Å². The molecule has 0 fully saturated rings. The highest BCUT2D eigenvalue weighted by atomic mass is 16.1. The van der Waals surface area contributed by atoms with Crippen LogP contribution in [0, 0.1) is 0 Å². The number of hydrogen-bond acceptors (Lipinski definition) is 2. The van der Waals surface area contributed by atoms with Crippen molar-refractivity contribution in [2.24, 2.45) is 0 Å². The van der Waals surface area contributed by atoms with Crippen molar-refractivity contribution in [3.8, 4) is 0 Å². The summed E-state index contributed by atoms with van der Waals surface area (Å²) in [6.07, 6.45) is 3.85. The summed E-state index contributed by atoms with van der Waals surface area (Å²) in [6.45, 7) is 2.08. The summed E-state index contributed by atoms with van der Waals surface area (Å²) in [5.41, 5.74) is 2.95. The second kappa shape index (κ2) is 6.96. The molecule has 4 heteroatoms. The van der Waals surface area contributed by atoms with Crippen LogP contribution in [0.4, 0.5) is 5.69 Å². The molecule has 3 rings (SSSR count). The predicted molar refractivity (Wildman–Crippen MR) is 98.1 cm³/mol. The van der Waals surface area contributed by atoms with Crippen LogP contribution < -0.4 is 10.9 Å². The van der Waals surface area contributed by atoms with Crippen LogP contribution in [0.25, 0.3) is 17.0 Å². The van der Waals surface area contributed by atoms with Gasteiger partial charge in [-0.25, -0.2) is 0 Å². The first-order chi connectivity index (χ1) is 11.7. The minimum absolute atomic E-state index is 0.218. The first-order valence-corrected chi connectivity index (χ1v) is 7.86. The zero-order chi connectivity index (χ0) is 16.9. The van der Waals surface area contributed by atoms with Crippen LogP contribution in [0.3, 0.4) is 0 Å². The maximum atomic E-state index is 12.0. The summed E-state index contributed by atoms with van der Waals surface area (Å²) in [7, 11) is 0. The molecule has 120 valence electrons. The molecule has 0 bridgehead atoms. The first kappa shape index (κ1) is 15.7. The molecule has 0 atom stereocenters. The van der Waals surface area contributed by atoms with Crippen molar-refractivity contribution in [3.05, 3.63) is 82.2 Å². The number of nitrogens with one attached hydrogen (secondary N) is 2. The summed E-state index contributed by atoms with van der Waals surface area (Å²) in [4.78, 5) is 26.8. The lowest BCUT2D eigenvalue weighted by molar-refractivity contribution is -0.111. The Balaban J connectivity index is 1.76. The lowest BCUT2D eigenvalue weighted by Gasteiger charge is -2.03. The van der Waals surface area contributed by atoms with Crippen molar-refractivity contribution < 1.29 is 4.79 Å². The van der Waals surface area contributed by atoms with Crippen LogP contribution in [-0.2, 0) is 11.2 Å². The number of anilines is 1. The molecule has 4 nitrogen and oxygen atoms in total. The van der Waals surface area contributed by atoms with Crippen LogP contribution in [0.1, 0.15) is 18.1 Å². The van der Waals surface area contributed by atoms with E-state index >= 15 is 0 Å². The Hall–Kier alpha value is -3.14. The molecule has 1 heterocycles. The molecule has 0 radical (unpaired) electrons. The van der Waals surface area contributed by atoms with E-state index < -0.39 is 0 Å². The molecule has 0 aliphatic carbocycles. The highest BCUT2D eigenvalue weighted by Gasteiger charge is 2.02. The lowest BCUT2D eigenvalue weighted by Crippen LogP contribution is -2.11. The van der Waals surface area contributed by atoms with Crippen LogP contribution in [0.2, 0.25) is 0 Å². The third kappa shape index (κ3) is 3.60. The van der Waals surface area contributed by atoms with Gasteiger partial charge in [-0.15, -0.1) is 0 Å². The van der Waals surface area contributed by atoms with E-state index in [0.29, 0.717) is 5.56 Å². The number of pyridine rings is 1. The van der Waals surface area contributed by atoms with E-state index in [9.17, 15) is 9.59 Å². The number of aryl methyl sites for hydroxylation is 1. The van der Waals surface area contributed by atoms with Gasteiger partial charge in [0.15, 0.2) is 0 Å². The number of H-pyrrole nitrogens is 1. The number of amides is 1. The topological polar surface area (TPSA) is 62.0 Å². The van der Waals surface area contributed by atoms with Crippen LogP contribution in [0.15, 0.2) is 65.5 Å². The van der Waals surface area contributed by atoms with E-state index in [1.165, 1.54) is 17.7 Å². The number of hydrogen-bond donors (Lipinski definition) is 2. The van der Waals surface area contributed by atoms with Gasteiger partial charge in [-0.2, -0.15) is 0 Å². The molecular weight excluding hydrogens is 300 g/mol. The van der Waals surface area contributed by atoms with Crippen LogP contribution >= 0.6 is 0 Å². The first-order valence-electron chi connectivity index (χ1n) is 7.86. The number of rotatable bonds is 4. The molecule has 0 aliphatic heterocycles. The molecule has 1 amide bonds. The maximum absolute atomic E-state index is 12.0. The lowest BCUT2D eigenvalue weighted by atomic mass is 10.1. The normalized spacial score (nSPS) is 11.0. The van der Waals surface area contributed by atoms with E-state index in [1.54, 1.807) is 6.07 Å². The molecule has 0 saturated heterocycles. The smallest absolute Gasteiger partial charge is 0.255 e. The van der Waals surface area contributed by atoms with Gasteiger partial charge >= 0.3 is 0 Å². The zero-order valence-electron chi connectivity index (χ0n) is 13.4. The minimum atomic E-state index is -0.271. The van der Waals surface area contributed by atoms with Gasteiger partial charge in [0, 0.05) is 22.8 Å². The van der Waals surface area contributed by atoms with Gasteiger partial charge in [0.2, 0.25) is 5.91 Å². The van der Waals surface area contributed by atoms with Gasteiger partial charge in [0.25, 0.3) is 5.56 Å². The largest absolute Gasteiger partial charge is 0.323 e. The van der Waals surface area contributed by atoms with Crippen LogP contribution in [-0.4, -0.2) is 10.9 Å². The molecule has 0 saturated carbocycles. The number of fused-ring (bicyclic) bond motifs is 1. The van der Waals surface area contributed by atoms with Gasteiger partial charge < -0.3 is 10.3 Å². The molecule has 2 aromatic carbocycles. The highest BCUT2D eigenvalue weighted by molar-refractivity contribution is 6.02. The monoisotopic (exact) mass is 318 g/mol. The Kier molecular flexibility index (Phi) is 4.57. The highest BCUT2D eigenvalue weighted by Crippen LogP contribution is 2.12. The number of carbonyl (C=O) groups is 1. The fraction of sp³-hybridized carbons (Fsp3) is 0.100. The molecule has 0 aliphatic rings. The summed E-state index contributed by atoms with van der Waals surface area (Å²) >= 11 is 0. The number of benzene rings is 2. The SMILES string of the molecule is CCc1ccc(NC(=O)/C=C/c2cc3ccccc3[nH]c2=O)cc1. The number of aromatic amines is 1. The number of para-hydroxylation sites is 1. The Morgan fingerprint density at radius 2 is 1.88 bits per heavy atom. The van der Waals surface area contributed by atoms with Crippen molar-refractivity contribution in [2.75, 3.05) is 5.32 Å². The third-order valence-electron chi connectivity index (χ3n) is 3.83. The Bertz CT molecular complexity index is 953. The summed E-state index contributed by atoms with van der Waals surface area (Å²) in [5.74, 6) is -0.271. The molecule has 1 aromatic heterocycles.